The Morgan fingerprint density at radius 1 is 1.38 bits per heavy atom. The summed E-state index contributed by atoms with van der Waals surface area (Å²) in [5.74, 6) is 0. The molecule has 5 heteroatoms. The highest BCUT2D eigenvalue weighted by molar-refractivity contribution is 7.93. The van der Waals surface area contributed by atoms with Crippen molar-refractivity contribution in [2.75, 3.05) is 0 Å². The molecule has 0 amide bonds. The highest BCUT2D eigenvalue weighted by Crippen LogP contribution is 2.08. The van der Waals surface area contributed by atoms with Crippen LogP contribution >= 0.6 is 0 Å². The van der Waals surface area contributed by atoms with E-state index < -0.39 is 10.0 Å². The molecule has 4 nitrogen and oxygen atoms in total. The van der Waals surface area contributed by atoms with E-state index in [9.17, 15) is 8.42 Å². The molecule has 0 bridgehead atoms. The summed E-state index contributed by atoms with van der Waals surface area (Å²) in [4.78, 5) is 3.95. The van der Waals surface area contributed by atoms with E-state index in [2.05, 4.69) is 22.9 Å². The zero-order chi connectivity index (χ0) is 12.8. The SMILES string of the molecule is C=C/C=C(\N=C(C)C=C)S(=O)(=O)NC(C)C. The lowest BCUT2D eigenvalue weighted by Gasteiger charge is -2.09. The minimum atomic E-state index is -3.58. The van der Waals surface area contributed by atoms with Gasteiger partial charge in [0.1, 0.15) is 0 Å². The fourth-order valence-corrected chi connectivity index (χ4v) is 2.16. The van der Waals surface area contributed by atoms with Crippen LogP contribution in [0.3, 0.4) is 0 Å². The Labute approximate surface area is 97.5 Å². The Hall–Kier alpha value is -1.20. The number of hydrogen-bond donors (Lipinski definition) is 1. The van der Waals surface area contributed by atoms with Crippen molar-refractivity contribution in [3.05, 3.63) is 36.4 Å². The Morgan fingerprint density at radius 2 is 1.94 bits per heavy atom. The molecule has 0 radical (unpaired) electrons. The lowest BCUT2D eigenvalue weighted by atomic mass is 10.4. The average Bonchev–Trinajstić information content (AvgIpc) is 2.14. The molecule has 0 aromatic rings. The van der Waals surface area contributed by atoms with Crippen molar-refractivity contribution < 1.29 is 8.42 Å². The van der Waals surface area contributed by atoms with Gasteiger partial charge in [0.05, 0.1) is 0 Å². The van der Waals surface area contributed by atoms with Gasteiger partial charge in [0.25, 0.3) is 10.0 Å². The largest absolute Gasteiger partial charge is 0.258 e. The Bertz CT molecular complexity index is 417. The first-order chi connectivity index (χ1) is 7.33. The first-order valence-electron chi connectivity index (χ1n) is 4.86. The van der Waals surface area contributed by atoms with Crippen LogP contribution in [0.5, 0.6) is 0 Å². The topological polar surface area (TPSA) is 58.5 Å². The van der Waals surface area contributed by atoms with Crippen molar-refractivity contribution in [3.8, 4) is 0 Å². The molecule has 0 fully saturated rings. The van der Waals surface area contributed by atoms with Gasteiger partial charge >= 0.3 is 0 Å². The molecule has 0 rings (SSSR count). The van der Waals surface area contributed by atoms with E-state index in [-0.39, 0.29) is 11.1 Å². The summed E-state index contributed by atoms with van der Waals surface area (Å²) in [5.41, 5.74) is 0.530. The highest BCUT2D eigenvalue weighted by atomic mass is 32.2. The zero-order valence-electron chi connectivity index (χ0n) is 9.90. The molecule has 0 saturated carbocycles. The van der Waals surface area contributed by atoms with Gasteiger partial charge in [0, 0.05) is 11.8 Å². The van der Waals surface area contributed by atoms with Crippen molar-refractivity contribution in [3.63, 3.8) is 0 Å². The molecular formula is C11H18N2O2S. The smallest absolute Gasteiger partial charge is 0.240 e. The molecule has 0 aliphatic heterocycles. The van der Waals surface area contributed by atoms with Crippen LogP contribution < -0.4 is 4.72 Å². The van der Waals surface area contributed by atoms with Crippen LogP contribution in [0, 0.1) is 0 Å². The molecule has 0 unspecified atom stereocenters. The van der Waals surface area contributed by atoms with Crippen LogP contribution in [0.15, 0.2) is 41.4 Å². The first kappa shape index (κ1) is 14.8. The van der Waals surface area contributed by atoms with Crippen LogP contribution in [-0.4, -0.2) is 20.2 Å². The molecule has 0 atom stereocenters. The third-order valence-electron chi connectivity index (χ3n) is 1.51. The standard InChI is InChI=1S/C11H18N2O2S/c1-6-8-11(12-10(5)7-2)16(14,15)13-9(3)4/h6-9,13H,1-2H2,3-5H3/b11-8+,12-10?. The summed E-state index contributed by atoms with van der Waals surface area (Å²) in [6, 6.07) is -0.183. The van der Waals surface area contributed by atoms with Gasteiger partial charge in [-0.05, 0) is 32.9 Å². The van der Waals surface area contributed by atoms with Gasteiger partial charge < -0.3 is 0 Å². The monoisotopic (exact) mass is 242 g/mol. The van der Waals surface area contributed by atoms with Gasteiger partial charge in [0.2, 0.25) is 0 Å². The van der Waals surface area contributed by atoms with Crippen molar-refractivity contribution in [2.45, 2.75) is 26.8 Å². The first-order valence-corrected chi connectivity index (χ1v) is 6.34. The molecule has 16 heavy (non-hydrogen) atoms. The Balaban J connectivity index is 5.32. The summed E-state index contributed by atoms with van der Waals surface area (Å²) < 4.78 is 26.1. The van der Waals surface area contributed by atoms with Gasteiger partial charge in [-0.2, -0.15) is 0 Å². The molecule has 1 N–H and O–H groups in total. The number of rotatable bonds is 6. The lowest BCUT2D eigenvalue weighted by Crippen LogP contribution is -2.31. The number of hydrogen-bond acceptors (Lipinski definition) is 3. The minimum Gasteiger partial charge on any atom is -0.240 e. The van der Waals surface area contributed by atoms with Crippen LogP contribution in [0.2, 0.25) is 0 Å². The molecular weight excluding hydrogens is 224 g/mol. The normalized spacial score (nSPS) is 14.0. The molecule has 0 aliphatic rings. The number of allylic oxidation sites excluding steroid dienone is 3. The lowest BCUT2D eigenvalue weighted by molar-refractivity contribution is 0.576. The second kappa shape index (κ2) is 6.40. The van der Waals surface area contributed by atoms with Crippen LogP contribution in [-0.2, 0) is 10.0 Å². The summed E-state index contributed by atoms with van der Waals surface area (Å²) in [6.07, 6.45) is 4.22. The van der Waals surface area contributed by atoms with Gasteiger partial charge in [-0.1, -0.05) is 19.2 Å². The zero-order valence-corrected chi connectivity index (χ0v) is 10.7. The molecule has 0 saturated heterocycles. The maximum Gasteiger partial charge on any atom is 0.258 e. The van der Waals surface area contributed by atoms with E-state index in [4.69, 9.17) is 0 Å². The molecule has 0 aliphatic carbocycles. The fraction of sp³-hybridized carbons (Fsp3) is 0.364. The van der Waals surface area contributed by atoms with E-state index in [1.54, 1.807) is 20.8 Å². The van der Waals surface area contributed by atoms with Crippen molar-refractivity contribution in [1.29, 1.82) is 0 Å². The predicted octanol–water partition coefficient (Wildman–Crippen LogP) is 1.99. The van der Waals surface area contributed by atoms with E-state index in [1.165, 1.54) is 18.2 Å². The van der Waals surface area contributed by atoms with Gasteiger partial charge in [-0.25, -0.2) is 18.1 Å². The number of nitrogens with zero attached hydrogens (tertiary/aromatic N) is 1. The van der Waals surface area contributed by atoms with E-state index >= 15 is 0 Å². The molecule has 90 valence electrons. The summed E-state index contributed by atoms with van der Waals surface area (Å²) in [7, 11) is -3.58. The number of sulfonamides is 1. The molecule has 0 aromatic heterocycles. The maximum absolute atomic E-state index is 11.8. The van der Waals surface area contributed by atoms with Crippen LogP contribution in [0.1, 0.15) is 20.8 Å². The summed E-state index contributed by atoms with van der Waals surface area (Å²) >= 11 is 0. The fourth-order valence-electron chi connectivity index (χ4n) is 0.878. The van der Waals surface area contributed by atoms with E-state index in [0.29, 0.717) is 5.71 Å². The number of aliphatic imine (C=N–C) groups is 1. The van der Waals surface area contributed by atoms with Crippen molar-refractivity contribution >= 4 is 15.7 Å². The molecule has 0 heterocycles. The Kier molecular flexibility index (Phi) is 5.92. The van der Waals surface area contributed by atoms with Gasteiger partial charge in [-0.3, -0.25) is 0 Å². The van der Waals surface area contributed by atoms with Crippen molar-refractivity contribution in [1.82, 2.24) is 4.72 Å². The molecule has 0 spiro atoms. The second-order valence-corrected chi connectivity index (χ2v) is 5.13. The highest BCUT2D eigenvalue weighted by Gasteiger charge is 2.17. The van der Waals surface area contributed by atoms with Crippen LogP contribution in [0.4, 0.5) is 0 Å². The second-order valence-electron chi connectivity index (χ2n) is 3.47. The van der Waals surface area contributed by atoms with E-state index in [0.717, 1.165) is 0 Å². The average molecular weight is 242 g/mol. The molecule has 0 aromatic carbocycles. The third kappa shape index (κ3) is 5.04. The quantitative estimate of drug-likeness (QED) is 0.572. The minimum absolute atomic E-state index is 0.0615. The predicted molar refractivity (Wildman–Crippen MR) is 68.8 cm³/mol. The third-order valence-corrected chi connectivity index (χ3v) is 3.07. The van der Waals surface area contributed by atoms with Gasteiger partial charge in [0.15, 0.2) is 5.03 Å². The van der Waals surface area contributed by atoms with Crippen LogP contribution in [0.25, 0.3) is 0 Å². The number of nitrogens with one attached hydrogen (secondary N) is 1. The van der Waals surface area contributed by atoms with Crippen molar-refractivity contribution in [2.24, 2.45) is 4.99 Å². The Morgan fingerprint density at radius 3 is 2.31 bits per heavy atom. The van der Waals surface area contributed by atoms with Gasteiger partial charge in [-0.15, -0.1) is 0 Å². The van der Waals surface area contributed by atoms with E-state index in [1.807, 2.05) is 0 Å². The summed E-state index contributed by atoms with van der Waals surface area (Å²) in [6.45, 7) is 12.1. The maximum atomic E-state index is 11.8. The summed E-state index contributed by atoms with van der Waals surface area (Å²) in [5, 5.41) is -0.0615.